The number of furan rings is 1. The van der Waals surface area contributed by atoms with Crippen molar-refractivity contribution in [1.82, 2.24) is 4.98 Å². The number of rotatable bonds is 4. The molecule has 5 heteroatoms. The Balaban J connectivity index is 1.69. The second-order valence-corrected chi connectivity index (χ2v) is 8.01. The Morgan fingerprint density at radius 2 is 1.86 bits per heavy atom. The molecule has 142 valence electrons. The zero-order chi connectivity index (χ0) is 19.9. The number of benzene rings is 2. The summed E-state index contributed by atoms with van der Waals surface area (Å²) in [5, 5.41) is 2.65. The van der Waals surface area contributed by atoms with Crippen LogP contribution in [0.3, 0.4) is 0 Å². The summed E-state index contributed by atoms with van der Waals surface area (Å²) in [6.07, 6.45) is 0.586. The molecule has 4 rings (SSSR count). The first-order chi connectivity index (χ1) is 13.4. The summed E-state index contributed by atoms with van der Waals surface area (Å²) < 4.78 is 10.9. The van der Waals surface area contributed by atoms with E-state index < -0.39 is 5.41 Å². The van der Waals surface area contributed by atoms with Gasteiger partial charge in [-0.05, 0) is 62.2 Å². The van der Waals surface area contributed by atoms with E-state index in [1.54, 1.807) is 0 Å². The number of fused-ring (bicyclic) bond motifs is 2. The summed E-state index contributed by atoms with van der Waals surface area (Å²) in [6.45, 7) is 3.77. The number of ether oxygens (including phenoxy) is 1. The first-order valence-corrected chi connectivity index (χ1v) is 9.41. The lowest BCUT2D eigenvalue weighted by atomic mass is 9.85. The Hall–Kier alpha value is -2.85. The van der Waals surface area contributed by atoms with Gasteiger partial charge in [0.15, 0.2) is 5.76 Å². The maximum atomic E-state index is 12.0. The molecule has 28 heavy (non-hydrogen) atoms. The summed E-state index contributed by atoms with van der Waals surface area (Å²) >= 11 is 6.09. The third-order valence-corrected chi connectivity index (χ3v) is 5.11. The monoisotopic (exact) mass is 393 g/mol. The van der Waals surface area contributed by atoms with Crippen LogP contribution in [0, 0.1) is 5.41 Å². The average Bonchev–Trinajstić information content (AvgIpc) is 3.09. The van der Waals surface area contributed by atoms with Crippen molar-refractivity contribution < 1.29 is 13.9 Å². The smallest absolute Gasteiger partial charge is 0.311 e. The third-order valence-electron chi connectivity index (χ3n) is 4.87. The van der Waals surface area contributed by atoms with Crippen LogP contribution in [0.4, 0.5) is 0 Å². The Morgan fingerprint density at radius 1 is 1.07 bits per heavy atom. The van der Waals surface area contributed by atoms with Crippen molar-refractivity contribution in [3.8, 4) is 11.5 Å². The maximum absolute atomic E-state index is 12.0. The zero-order valence-corrected chi connectivity index (χ0v) is 16.7. The number of pyridine rings is 1. The van der Waals surface area contributed by atoms with Crippen LogP contribution in [-0.4, -0.2) is 18.1 Å². The lowest BCUT2D eigenvalue weighted by Crippen LogP contribution is -2.27. The minimum Gasteiger partial charge on any atom is -0.469 e. The van der Waals surface area contributed by atoms with Crippen LogP contribution in [0.15, 0.2) is 59.0 Å². The van der Waals surface area contributed by atoms with Crippen LogP contribution in [0.25, 0.3) is 33.3 Å². The highest BCUT2D eigenvalue weighted by atomic mass is 35.5. The van der Waals surface area contributed by atoms with Gasteiger partial charge in [-0.15, -0.1) is 0 Å². The molecular formula is C23H20ClNO3. The molecule has 0 aliphatic heterocycles. The van der Waals surface area contributed by atoms with Gasteiger partial charge in [-0.25, -0.2) is 4.98 Å². The predicted molar refractivity (Wildman–Crippen MR) is 111 cm³/mol. The minimum atomic E-state index is -0.589. The van der Waals surface area contributed by atoms with Crippen molar-refractivity contribution in [3.05, 3.63) is 65.2 Å². The molecule has 0 saturated carbocycles. The lowest BCUT2D eigenvalue weighted by molar-refractivity contribution is -0.150. The summed E-state index contributed by atoms with van der Waals surface area (Å²) in [6, 6.07) is 17.5. The summed E-state index contributed by atoms with van der Waals surface area (Å²) in [5.41, 5.74) is 2.82. The van der Waals surface area contributed by atoms with Crippen LogP contribution < -0.4 is 0 Å². The molecule has 2 heterocycles. The molecule has 0 aliphatic carbocycles. The van der Waals surface area contributed by atoms with E-state index in [-0.39, 0.29) is 5.97 Å². The Labute approximate surface area is 168 Å². The number of hydrogen-bond donors (Lipinski definition) is 0. The number of carbonyl (C=O) groups excluding carboxylic acids is 1. The van der Waals surface area contributed by atoms with Gasteiger partial charge in [-0.1, -0.05) is 29.8 Å². The number of hydrogen-bond acceptors (Lipinski definition) is 4. The molecule has 0 bridgehead atoms. The van der Waals surface area contributed by atoms with Gasteiger partial charge in [0.1, 0.15) is 11.3 Å². The van der Waals surface area contributed by atoms with Gasteiger partial charge in [-0.3, -0.25) is 4.79 Å². The van der Waals surface area contributed by atoms with Gasteiger partial charge in [0, 0.05) is 15.8 Å². The Kier molecular flexibility index (Phi) is 4.60. The minimum absolute atomic E-state index is 0.223. The van der Waals surface area contributed by atoms with Crippen molar-refractivity contribution in [3.63, 3.8) is 0 Å². The van der Waals surface area contributed by atoms with E-state index in [0.29, 0.717) is 17.2 Å². The largest absolute Gasteiger partial charge is 0.469 e. The van der Waals surface area contributed by atoms with E-state index in [9.17, 15) is 4.79 Å². The van der Waals surface area contributed by atoms with Crippen LogP contribution in [0.5, 0.6) is 0 Å². The van der Waals surface area contributed by atoms with Crippen LogP contribution in [-0.2, 0) is 16.0 Å². The molecule has 2 aromatic carbocycles. The van der Waals surface area contributed by atoms with Gasteiger partial charge in [0.2, 0.25) is 0 Å². The third kappa shape index (κ3) is 3.48. The lowest BCUT2D eigenvalue weighted by Gasteiger charge is -2.21. The maximum Gasteiger partial charge on any atom is 0.311 e. The van der Waals surface area contributed by atoms with Crippen molar-refractivity contribution in [2.75, 3.05) is 7.11 Å². The number of aromatic nitrogens is 1. The second kappa shape index (κ2) is 6.95. The molecule has 0 unspecified atom stereocenters. The van der Waals surface area contributed by atoms with Crippen molar-refractivity contribution in [2.45, 2.75) is 20.3 Å². The van der Waals surface area contributed by atoms with Crippen LogP contribution in [0.2, 0.25) is 5.02 Å². The molecule has 0 radical (unpaired) electrons. The van der Waals surface area contributed by atoms with E-state index >= 15 is 0 Å². The van der Waals surface area contributed by atoms with Crippen LogP contribution >= 0.6 is 11.6 Å². The van der Waals surface area contributed by atoms with Gasteiger partial charge in [0.25, 0.3) is 0 Å². The molecular weight excluding hydrogens is 374 g/mol. The first-order valence-electron chi connectivity index (χ1n) is 9.03. The molecule has 0 spiro atoms. The topological polar surface area (TPSA) is 52.3 Å². The van der Waals surface area contributed by atoms with E-state index in [0.717, 1.165) is 33.1 Å². The van der Waals surface area contributed by atoms with Crippen molar-refractivity contribution in [2.24, 2.45) is 5.41 Å². The van der Waals surface area contributed by atoms with Gasteiger partial charge in [0.05, 0.1) is 18.0 Å². The highest BCUT2D eigenvalue weighted by molar-refractivity contribution is 6.31. The number of carbonyl (C=O) groups is 1. The highest BCUT2D eigenvalue weighted by Crippen LogP contribution is 2.31. The van der Waals surface area contributed by atoms with Gasteiger partial charge < -0.3 is 9.15 Å². The van der Waals surface area contributed by atoms with Crippen LogP contribution in [0.1, 0.15) is 19.4 Å². The predicted octanol–water partition coefficient (Wildman–Crippen LogP) is 6.04. The molecule has 0 amide bonds. The summed E-state index contributed by atoms with van der Waals surface area (Å²) in [4.78, 5) is 16.6. The first kappa shape index (κ1) is 18.5. The van der Waals surface area contributed by atoms with Crippen molar-refractivity contribution >= 4 is 39.4 Å². The molecule has 4 aromatic rings. The standard InChI is InChI=1S/C23H20ClNO3/c1-23(2,22(26)27-3)13-14-4-9-20-16(10-14)11-21(28-20)18-8-6-15-5-7-17(24)12-19(15)25-18/h4-12H,13H2,1-3H3. The molecule has 0 aliphatic rings. The molecule has 0 atom stereocenters. The molecule has 4 nitrogen and oxygen atoms in total. The van der Waals surface area contributed by atoms with E-state index in [1.165, 1.54) is 7.11 Å². The molecule has 0 saturated heterocycles. The zero-order valence-electron chi connectivity index (χ0n) is 16.0. The van der Waals surface area contributed by atoms with E-state index in [4.69, 9.17) is 20.8 Å². The van der Waals surface area contributed by atoms with E-state index in [2.05, 4.69) is 4.98 Å². The summed E-state index contributed by atoms with van der Waals surface area (Å²) in [5.74, 6) is 0.473. The van der Waals surface area contributed by atoms with Gasteiger partial charge in [-0.2, -0.15) is 0 Å². The highest BCUT2D eigenvalue weighted by Gasteiger charge is 2.29. The van der Waals surface area contributed by atoms with Gasteiger partial charge >= 0.3 is 5.97 Å². The Bertz CT molecular complexity index is 1190. The number of nitrogens with zero attached hydrogens (tertiary/aromatic N) is 1. The molecule has 0 fully saturated rings. The SMILES string of the molecule is COC(=O)C(C)(C)Cc1ccc2oc(-c3ccc4ccc(Cl)cc4n3)cc2c1. The quantitative estimate of drug-likeness (QED) is 0.396. The Morgan fingerprint density at radius 3 is 2.64 bits per heavy atom. The number of halogens is 1. The summed E-state index contributed by atoms with van der Waals surface area (Å²) in [7, 11) is 1.42. The molecule has 2 aromatic heterocycles. The van der Waals surface area contributed by atoms with E-state index in [1.807, 2.05) is 68.4 Å². The fourth-order valence-electron chi connectivity index (χ4n) is 3.42. The fraction of sp³-hybridized carbons (Fsp3) is 0.217. The van der Waals surface area contributed by atoms with Crippen molar-refractivity contribution in [1.29, 1.82) is 0 Å². The average molecular weight is 394 g/mol. The number of esters is 1. The second-order valence-electron chi connectivity index (χ2n) is 7.57. The normalized spacial score (nSPS) is 11.9. The number of methoxy groups -OCH3 is 1. The fourth-order valence-corrected chi connectivity index (χ4v) is 3.58. The molecule has 0 N–H and O–H groups in total.